The van der Waals surface area contributed by atoms with Crippen molar-refractivity contribution in [2.75, 3.05) is 5.32 Å². The van der Waals surface area contributed by atoms with Crippen LogP contribution in [0.1, 0.15) is 21.5 Å². The van der Waals surface area contributed by atoms with Crippen molar-refractivity contribution in [2.45, 2.75) is 13.5 Å². The summed E-state index contributed by atoms with van der Waals surface area (Å²) in [5, 5.41) is 14.1. The average Bonchev–Trinajstić information content (AvgIpc) is 3.17. The topological polar surface area (TPSA) is 90.1 Å². The highest BCUT2D eigenvalue weighted by atomic mass is 19.1. The van der Waals surface area contributed by atoms with E-state index >= 15 is 0 Å². The van der Waals surface area contributed by atoms with Gasteiger partial charge in [0.2, 0.25) is 0 Å². The largest absolute Gasteiger partial charge is 0.312 e. The number of nitro benzene ring substituents is 1. The number of amides is 1. The Hall–Kier alpha value is -4.33. The number of nitro groups is 1. The molecule has 0 saturated heterocycles. The van der Waals surface area contributed by atoms with Crippen LogP contribution < -0.4 is 5.32 Å². The zero-order valence-electron chi connectivity index (χ0n) is 17.2. The number of hydrogen-bond acceptors (Lipinski definition) is 4. The molecule has 3 aromatic carbocycles. The monoisotopic (exact) mass is 430 g/mol. The van der Waals surface area contributed by atoms with Gasteiger partial charge < -0.3 is 9.88 Å². The maximum Gasteiger partial charge on any atom is 0.273 e. The highest BCUT2D eigenvalue weighted by molar-refractivity contribution is 6.05. The van der Waals surface area contributed by atoms with E-state index in [0.29, 0.717) is 29.2 Å². The molecule has 0 aliphatic heterocycles. The van der Waals surface area contributed by atoms with Gasteiger partial charge in [-0.05, 0) is 42.8 Å². The molecule has 0 fully saturated rings. The van der Waals surface area contributed by atoms with Gasteiger partial charge in [-0.15, -0.1) is 0 Å². The molecule has 0 aliphatic carbocycles. The zero-order valence-corrected chi connectivity index (χ0v) is 17.2. The van der Waals surface area contributed by atoms with Crippen LogP contribution in [0.2, 0.25) is 0 Å². The molecule has 0 saturated carbocycles. The minimum absolute atomic E-state index is 0.130. The normalized spacial score (nSPS) is 10.7. The molecule has 160 valence electrons. The van der Waals surface area contributed by atoms with Crippen LogP contribution in [0.4, 0.5) is 15.9 Å². The lowest BCUT2D eigenvalue weighted by atomic mass is 10.1. The van der Waals surface area contributed by atoms with E-state index in [1.807, 2.05) is 30.3 Å². The van der Waals surface area contributed by atoms with Gasteiger partial charge in [0.25, 0.3) is 11.6 Å². The summed E-state index contributed by atoms with van der Waals surface area (Å²) in [5.41, 5.74) is 2.58. The van der Waals surface area contributed by atoms with E-state index in [9.17, 15) is 19.3 Å². The Morgan fingerprint density at radius 3 is 2.50 bits per heavy atom. The van der Waals surface area contributed by atoms with Crippen molar-refractivity contribution < 1.29 is 14.1 Å². The van der Waals surface area contributed by atoms with Crippen LogP contribution in [0.25, 0.3) is 11.3 Å². The molecule has 8 heteroatoms. The van der Waals surface area contributed by atoms with Crippen LogP contribution in [-0.4, -0.2) is 20.4 Å². The molecule has 32 heavy (non-hydrogen) atoms. The second kappa shape index (κ2) is 8.81. The third-order valence-corrected chi connectivity index (χ3v) is 5.05. The van der Waals surface area contributed by atoms with E-state index in [2.05, 4.69) is 10.3 Å². The summed E-state index contributed by atoms with van der Waals surface area (Å²) < 4.78 is 15.2. The summed E-state index contributed by atoms with van der Waals surface area (Å²) in [7, 11) is 0. The second-order valence-electron chi connectivity index (χ2n) is 7.27. The number of rotatable bonds is 6. The van der Waals surface area contributed by atoms with Crippen LogP contribution in [0, 0.1) is 22.9 Å². The Labute approximate surface area is 183 Å². The van der Waals surface area contributed by atoms with Crippen molar-refractivity contribution in [1.29, 1.82) is 0 Å². The van der Waals surface area contributed by atoms with Gasteiger partial charge in [0.15, 0.2) is 0 Å². The first-order chi connectivity index (χ1) is 15.4. The number of carbonyl (C=O) groups is 1. The number of aromatic nitrogens is 2. The van der Waals surface area contributed by atoms with E-state index in [0.717, 1.165) is 5.56 Å². The van der Waals surface area contributed by atoms with Gasteiger partial charge in [-0.2, -0.15) is 0 Å². The molecule has 0 spiro atoms. The first-order valence-electron chi connectivity index (χ1n) is 9.84. The quantitative estimate of drug-likeness (QED) is 0.336. The van der Waals surface area contributed by atoms with E-state index < -0.39 is 10.8 Å². The van der Waals surface area contributed by atoms with Crippen molar-refractivity contribution in [3.8, 4) is 11.3 Å². The van der Waals surface area contributed by atoms with Crippen molar-refractivity contribution >= 4 is 17.4 Å². The molecule has 4 aromatic rings. The third kappa shape index (κ3) is 4.39. The number of imidazole rings is 1. The predicted octanol–water partition coefficient (Wildman–Crippen LogP) is 5.21. The second-order valence-corrected chi connectivity index (χ2v) is 7.27. The number of carbonyl (C=O) groups excluding carboxylic acids is 1. The number of nitrogens with zero attached hydrogens (tertiary/aromatic N) is 3. The zero-order chi connectivity index (χ0) is 22.7. The van der Waals surface area contributed by atoms with Crippen molar-refractivity contribution in [2.24, 2.45) is 0 Å². The maximum atomic E-state index is 13.4. The van der Waals surface area contributed by atoms with Crippen LogP contribution in [-0.2, 0) is 6.54 Å². The minimum Gasteiger partial charge on any atom is -0.312 e. The lowest BCUT2D eigenvalue weighted by Gasteiger charge is -2.12. The lowest BCUT2D eigenvalue weighted by molar-refractivity contribution is -0.385. The molecule has 0 aliphatic rings. The van der Waals surface area contributed by atoms with Crippen molar-refractivity contribution in [3.05, 3.63) is 112 Å². The van der Waals surface area contributed by atoms with Gasteiger partial charge in [-0.3, -0.25) is 14.9 Å². The van der Waals surface area contributed by atoms with Gasteiger partial charge in [0.1, 0.15) is 17.3 Å². The number of nitrogens with one attached hydrogen (secondary N) is 1. The SMILES string of the molecule is Cc1ccc(C(=O)Nc2c(-c3ccc(F)cc3)ncn2Cc2ccccc2)cc1[N+](=O)[O-]. The standard InChI is InChI=1S/C24H19FN4O3/c1-16-7-8-19(13-21(16)29(31)32)24(30)27-23-22(18-9-11-20(25)12-10-18)26-15-28(23)14-17-5-3-2-4-6-17/h2-13,15H,14H2,1H3,(H,27,30). The van der Waals surface area contributed by atoms with Crippen molar-refractivity contribution in [3.63, 3.8) is 0 Å². The summed E-state index contributed by atoms with van der Waals surface area (Å²) >= 11 is 0. The highest BCUT2D eigenvalue weighted by Gasteiger charge is 2.19. The Morgan fingerprint density at radius 1 is 1.09 bits per heavy atom. The fourth-order valence-corrected chi connectivity index (χ4v) is 3.36. The van der Waals surface area contributed by atoms with E-state index in [1.54, 1.807) is 30.0 Å². The number of halogens is 1. The minimum atomic E-state index is -0.518. The molecule has 1 amide bonds. The lowest BCUT2D eigenvalue weighted by Crippen LogP contribution is -2.16. The molecule has 7 nitrogen and oxygen atoms in total. The number of anilines is 1. The van der Waals surface area contributed by atoms with Gasteiger partial charge >= 0.3 is 0 Å². The Balaban J connectivity index is 1.72. The number of aryl methyl sites for hydroxylation is 1. The average molecular weight is 430 g/mol. The summed E-state index contributed by atoms with van der Waals surface area (Å²) in [5.74, 6) is -0.477. The van der Waals surface area contributed by atoms with Crippen LogP contribution >= 0.6 is 0 Å². The summed E-state index contributed by atoms with van der Waals surface area (Å²) in [6.45, 7) is 2.06. The molecule has 0 atom stereocenters. The Kier molecular flexibility index (Phi) is 5.76. The number of benzene rings is 3. The molecule has 1 aromatic heterocycles. The summed E-state index contributed by atoms with van der Waals surface area (Å²) in [6.07, 6.45) is 1.60. The molecular weight excluding hydrogens is 411 g/mol. The fraction of sp³-hybridized carbons (Fsp3) is 0.0833. The third-order valence-electron chi connectivity index (χ3n) is 5.05. The molecule has 1 N–H and O–H groups in total. The van der Waals surface area contributed by atoms with Gasteiger partial charge in [0.05, 0.1) is 17.8 Å². The predicted molar refractivity (Wildman–Crippen MR) is 119 cm³/mol. The van der Waals surface area contributed by atoms with Crippen LogP contribution in [0.3, 0.4) is 0 Å². The smallest absolute Gasteiger partial charge is 0.273 e. The van der Waals surface area contributed by atoms with Gasteiger partial charge in [0, 0.05) is 22.8 Å². The van der Waals surface area contributed by atoms with Crippen molar-refractivity contribution in [1.82, 2.24) is 9.55 Å². The Morgan fingerprint density at radius 2 is 1.81 bits per heavy atom. The van der Waals surface area contributed by atoms with E-state index in [-0.39, 0.29) is 17.1 Å². The molecule has 0 bridgehead atoms. The van der Waals surface area contributed by atoms with Gasteiger partial charge in [-0.25, -0.2) is 9.37 Å². The first kappa shape index (κ1) is 20.9. The molecule has 4 rings (SSSR count). The van der Waals surface area contributed by atoms with E-state index in [1.165, 1.54) is 30.3 Å². The molecule has 1 heterocycles. The summed E-state index contributed by atoms with van der Waals surface area (Å²) in [4.78, 5) is 28.2. The first-order valence-corrected chi connectivity index (χ1v) is 9.84. The van der Waals surface area contributed by atoms with Gasteiger partial charge in [-0.1, -0.05) is 36.4 Å². The maximum absolute atomic E-state index is 13.4. The van der Waals surface area contributed by atoms with E-state index in [4.69, 9.17) is 0 Å². The highest BCUT2D eigenvalue weighted by Crippen LogP contribution is 2.29. The summed E-state index contributed by atoms with van der Waals surface area (Å²) in [6, 6.07) is 19.8. The number of hydrogen-bond donors (Lipinski definition) is 1. The fourth-order valence-electron chi connectivity index (χ4n) is 3.36. The molecule has 0 unspecified atom stereocenters. The van der Waals surface area contributed by atoms with Crippen LogP contribution in [0.5, 0.6) is 0 Å². The molecule has 0 radical (unpaired) electrons. The van der Waals surface area contributed by atoms with Crippen LogP contribution in [0.15, 0.2) is 79.1 Å². The Bertz CT molecular complexity index is 1280. The molecular formula is C24H19FN4O3.